The highest BCUT2D eigenvalue weighted by Gasteiger charge is 2.06. The van der Waals surface area contributed by atoms with Crippen LogP contribution in [0.3, 0.4) is 0 Å². The Bertz CT molecular complexity index is 222. The molecule has 0 bridgehead atoms. The van der Waals surface area contributed by atoms with Gasteiger partial charge in [-0.05, 0) is 81.6 Å². The SMILES string of the molecule is CC(C)OC(=O)COCC(I)=C(I)I. The topological polar surface area (TPSA) is 35.5 Å². The first-order chi connectivity index (χ1) is 6.43. The van der Waals surface area contributed by atoms with Gasteiger partial charge in [0.15, 0.2) is 0 Å². The van der Waals surface area contributed by atoms with Gasteiger partial charge in [0.1, 0.15) is 6.61 Å². The molecular weight excluding hydrogens is 525 g/mol. The number of hydrogen-bond acceptors (Lipinski definition) is 3. The van der Waals surface area contributed by atoms with Crippen LogP contribution in [0.15, 0.2) is 5.17 Å². The van der Waals surface area contributed by atoms with Crippen LogP contribution in [0.25, 0.3) is 0 Å². The lowest BCUT2D eigenvalue weighted by atomic mass is 10.5. The second-order valence-corrected chi connectivity index (χ2v) is 8.22. The molecule has 0 fully saturated rings. The summed E-state index contributed by atoms with van der Waals surface area (Å²) in [6.07, 6.45) is -0.0783. The Labute approximate surface area is 125 Å². The van der Waals surface area contributed by atoms with E-state index in [1.165, 1.54) is 0 Å². The zero-order chi connectivity index (χ0) is 11.1. The Morgan fingerprint density at radius 2 is 1.79 bits per heavy atom. The van der Waals surface area contributed by atoms with Gasteiger partial charge in [0.05, 0.1) is 14.3 Å². The summed E-state index contributed by atoms with van der Waals surface area (Å²) in [7, 11) is 0. The Morgan fingerprint density at radius 3 is 2.21 bits per heavy atom. The Hall–Kier alpha value is 1.36. The zero-order valence-corrected chi connectivity index (χ0v) is 14.3. The van der Waals surface area contributed by atoms with E-state index in [-0.39, 0.29) is 18.7 Å². The van der Waals surface area contributed by atoms with Crippen LogP contribution >= 0.6 is 67.8 Å². The van der Waals surface area contributed by atoms with Crippen molar-refractivity contribution in [3.63, 3.8) is 0 Å². The predicted molar refractivity (Wildman–Crippen MR) is 81.1 cm³/mol. The molecule has 0 aliphatic rings. The van der Waals surface area contributed by atoms with E-state index in [1.807, 2.05) is 13.8 Å². The Kier molecular flexibility index (Phi) is 9.33. The second kappa shape index (κ2) is 8.50. The summed E-state index contributed by atoms with van der Waals surface area (Å²) in [5.74, 6) is -0.312. The Morgan fingerprint density at radius 1 is 1.21 bits per heavy atom. The van der Waals surface area contributed by atoms with E-state index in [2.05, 4.69) is 67.8 Å². The number of esters is 1. The van der Waals surface area contributed by atoms with E-state index >= 15 is 0 Å². The standard InChI is InChI=1S/C8H11I3O3/c1-5(2)14-7(12)4-13-3-6(9)8(10)11/h5H,3-4H2,1-2H3. The van der Waals surface area contributed by atoms with Crippen LogP contribution in [-0.4, -0.2) is 25.3 Å². The van der Waals surface area contributed by atoms with Crippen molar-refractivity contribution in [2.24, 2.45) is 0 Å². The summed E-state index contributed by atoms with van der Waals surface area (Å²) in [6.45, 7) is 4.12. The number of rotatable bonds is 5. The van der Waals surface area contributed by atoms with Gasteiger partial charge in [0.2, 0.25) is 0 Å². The summed E-state index contributed by atoms with van der Waals surface area (Å²) in [4.78, 5) is 11.0. The van der Waals surface area contributed by atoms with Gasteiger partial charge < -0.3 is 9.47 Å². The number of halogens is 3. The molecule has 14 heavy (non-hydrogen) atoms. The molecule has 0 aliphatic carbocycles. The van der Waals surface area contributed by atoms with Crippen LogP contribution in [0.5, 0.6) is 0 Å². The molecule has 0 aromatic carbocycles. The van der Waals surface area contributed by atoms with Crippen LogP contribution in [0.1, 0.15) is 13.8 Å². The minimum atomic E-state index is -0.312. The van der Waals surface area contributed by atoms with E-state index in [1.54, 1.807) is 0 Å². The van der Waals surface area contributed by atoms with E-state index in [4.69, 9.17) is 9.47 Å². The molecule has 0 saturated carbocycles. The van der Waals surface area contributed by atoms with Gasteiger partial charge in [-0.15, -0.1) is 0 Å². The first-order valence-electron chi connectivity index (χ1n) is 3.90. The summed E-state index contributed by atoms with van der Waals surface area (Å²) in [5.41, 5.74) is 0. The predicted octanol–water partition coefficient (Wildman–Crippen LogP) is 3.43. The maximum Gasteiger partial charge on any atom is 0.332 e. The molecular formula is C8H11I3O3. The van der Waals surface area contributed by atoms with Gasteiger partial charge in [-0.25, -0.2) is 4.79 Å². The molecule has 0 unspecified atom stereocenters. The van der Waals surface area contributed by atoms with Crippen LogP contribution in [0.4, 0.5) is 0 Å². The molecule has 0 N–H and O–H groups in total. The molecule has 0 aromatic heterocycles. The molecule has 0 spiro atoms. The molecule has 0 saturated heterocycles. The smallest absolute Gasteiger partial charge is 0.332 e. The van der Waals surface area contributed by atoms with Crippen LogP contribution in [0.2, 0.25) is 0 Å². The van der Waals surface area contributed by atoms with Gasteiger partial charge in [0, 0.05) is 3.58 Å². The molecule has 0 aromatic rings. The lowest BCUT2D eigenvalue weighted by molar-refractivity contribution is -0.152. The Balaban J connectivity index is 3.65. The monoisotopic (exact) mass is 536 g/mol. The summed E-state index contributed by atoms with van der Waals surface area (Å²) in [6, 6.07) is 0. The van der Waals surface area contributed by atoms with Crippen molar-refractivity contribution < 1.29 is 14.3 Å². The number of carbonyl (C=O) groups is 1. The molecule has 0 rings (SSSR count). The van der Waals surface area contributed by atoms with Gasteiger partial charge in [-0.3, -0.25) is 0 Å². The fraction of sp³-hybridized carbons (Fsp3) is 0.625. The highest BCUT2D eigenvalue weighted by molar-refractivity contribution is 14.2. The number of ether oxygens (including phenoxy) is 2. The maximum absolute atomic E-state index is 11.0. The van der Waals surface area contributed by atoms with E-state index in [0.717, 1.165) is 5.17 Å². The summed E-state index contributed by atoms with van der Waals surface area (Å²) >= 11 is 6.61. The number of hydrogen-bond donors (Lipinski definition) is 0. The fourth-order valence-electron chi connectivity index (χ4n) is 0.575. The van der Waals surface area contributed by atoms with Crippen molar-refractivity contribution in [1.29, 1.82) is 0 Å². The average molecular weight is 536 g/mol. The first-order valence-corrected chi connectivity index (χ1v) is 7.14. The van der Waals surface area contributed by atoms with Crippen molar-refractivity contribution >= 4 is 73.7 Å². The highest BCUT2D eigenvalue weighted by Crippen LogP contribution is 2.25. The van der Waals surface area contributed by atoms with Crippen LogP contribution in [0, 0.1) is 0 Å². The first kappa shape index (κ1) is 15.4. The zero-order valence-electron chi connectivity index (χ0n) is 7.85. The summed E-state index contributed by atoms with van der Waals surface area (Å²) in [5, 5.41) is 0. The molecule has 0 atom stereocenters. The normalized spacial score (nSPS) is 10.1. The molecule has 6 heteroatoms. The van der Waals surface area contributed by atoms with Crippen molar-refractivity contribution in [2.45, 2.75) is 20.0 Å². The molecule has 3 nitrogen and oxygen atoms in total. The minimum Gasteiger partial charge on any atom is -0.461 e. The molecule has 0 heterocycles. The lowest BCUT2D eigenvalue weighted by Gasteiger charge is -2.08. The van der Waals surface area contributed by atoms with Crippen molar-refractivity contribution in [3.05, 3.63) is 5.17 Å². The largest absolute Gasteiger partial charge is 0.461 e. The van der Waals surface area contributed by atoms with Crippen molar-refractivity contribution in [3.8, 4) is 0 Å². The highest BCUT2D eigenvalue weighted by atomic mass is 127. The second-order valence-electron chi connectivity index (χ2n) is 2.70. The average Bonchev–Trinajstić information content (AvgIpc) is 2.02. The number of carbonyl (C=O) groups excluding carboxylic acids is 1. The summed E-state index contributed by atoms with van der Waals surface area (Å²) < 4.78 is 12.3. The minimum absolute atomic E-state index is 0.0191. The van der Waals surface area contributed by atoms with Crippen LogP contribution < -0.4 is 0 Å². The van der Waals surface area contributed by atoms with Crippen molar-refractivity contribution in [1.82, 2.24) is 0 Å². The van der Waals surface area contributed by atoms with Gasteiger partial charge in [-0.1, -0.05) is 0 Å². The van der Waals surface area contributed by atoms with Gasteiger partial charge in [-0.2, -0.15) is 0 Å². The lowest BCUT2D eigenvalue weighted by Crippen LogP contribution is -2.17. The third-order valence-electron chi connectivity index (χ3n) is 1.02. The van der Waals surface area contributed by atoms with Gasteiger partial charge >= 0.3 is 5.97 Å². The fourth-order valence-corrected chi connectivity index (χ4v) is 1.11. The van der Waals surface area contributed by atoms with Crippen LogP contribution in [-0.2, 0) is 14.3 Å². The van der Waals surface area contributed by atoms with E-state index < -0.39 is 0 Å². The van der Waals surface area contributed by atoms with E-state index in [9.17, 15) is 4.79 Å². The molecule has 0 amide bonds. The third kappa shape index (κ3) is 8.65. The van der Waals surface area contributed by atoms with Gasteiger partial charge in [0.25, 0.3) is 0 Å². The quantitative estimate of drug-likeness (QED) is 0.400. The third-order valence-corrected chi connectivity index (χ3v) is 5.24. The van der Waals surface area contributed by atoms with E-state index in [0.29, 0.717) is 6.61 Å². The maximum atomic E-state index is 11.0. The van der Waals surface area contributed by atoms with Crippen molar-refractivity contribution in [2.75, 3.05) is 13.2 Å². The molecule has 0 radical (unpaired) electrons. The molecule has 82 valence electrons. The molecule has 0 aliphatic heterocycles.